The molecule has 0 aliphatic carbocycles. The SMILES string of the molecule is CC(C)(N)c1ncc(-c2ccccc2C(F)(F)F)[nH]1. The van der Waals surface area contributed by atoms with Crippen molar-refractivity contribution in [3.63, 3.8) is 0 Å². The van der Waals surface area contributed by atoms with E-state index in [0.717, 1.165) is 6.07 Å². The molecule has 1 aromatic carbocycles. The van der Waals surface area contributed by atoms with Crippen LogP contribution < -0.4 is 5.73 Å². The van der Waals surface area contributed by atoms with Crippen LogP contribution in [0.1, 0.15) is 25.2 Å². The molecular weight excluding hydrogens is 255 g/mol. The second-order valence-electron chi connectivity index (χ2n) is 4.91. The van der Waals surface area contributed by atoms with Gasteiger partial charge < -0.3 is 10.7 Å². The lowest BCUT2D eigenvalue weighted by Crippen LogP contribution is -2.30. The van der Waals surface area contributed by atoms with E-state index in [-0.39, 0.29) is 5.56 Å². The van der Waals surface area contributed by atoms with Crippen LogP contribution in [0.25, 0.3) is 11.3 Å². The molecule has 6 heteroatoms. The average molecular weight is 269 g/mol. The van der Waals surface area contributed by atoms with Crippen molar-refractivity contribution in [1.82, 2.24) is 9.97 Å². The van der Waals surface area contributed by atoms with Gasteiger partial charge in [0.25, 0.3) is 0 Å². The van der Waals surface area contributed by atoms with Gasteiger partial charge in [-0.15, -0.1) is 0 Å². The Morgan fingerprint density at radius 2 is 1.79 bits per heavy atom. The van der Waals surface area contributed by atoms with Gasteiger partial charge in [-0.05, 0) is 19.9 Å². The summed E-state index contributed by atoms with van der Waals surface area (Å²) in [5.41, 5.74) is 4.81. The molecular formula is C13H14F3N3. The van der Waals surface area contributed by atoms with Crippen molar-refractivity contribution in [2.24, 2.45) is 5.73 Å². The minimum atomic E-state index is -4.40. The highest BCUT2D eigenvalue weighted by Gasteiger charge is 2.34. The first-order valence-electron chi connectivity index (χ1n) is 5.70. The van der Waals surface area contributed by atoms with Gasteiger partial charge in [-0.3, -0.25) is 0 Å². The first-order valence-corrected chi connectivity index (χ1v) is 5.70. The molecule has 3 N–H and O–H groups in total. The lowest BCUT2D eigenvalue weighted by Gasteiger charge is -2.15. The van der Waals surface area contributed by atoms with Crippen molar-refractivity contribution < 1.29 is 13.2 Å². The van der Waals surface area contributed by atoms with Gasteiger partial charge in [-0.2, -0.15) is 13.2 Å². The summed E-state index contributed by atoms with van der Waals surface area (Å²) in [6.45, 7) is 3.45. The molecule has 0 amide bonds. The van der Waals surface area contributed by atoms with E-state index in [1.807, 2.05) is 0 Å². The molecule has 0 aliphatic heterocycles. The van der Waals surface area contributed by atoms with Crippen molar-refractivity contribution in [3.05, 3.63) is 41.9 Å². The van der Waals surface area contributed by atoms with Crippen LogP contribution in [-0.2, 0) is 11.7 Å². The van der Waals surface area contributed by atoms with Crippen LogP contribution in [0.5, 0.6) is 0 Å². The Balaban J connectivity index is 2.52. The number of nitrogens with zero attached hydrogens (tertiary/aromatic N) is 1. The molecule has 2 rings (SSSR count). The van der Waals surface area contributed by atoms with Crippen LogP contribution >= 0.6 is 0 Å². The number of hydrogen-bond donors (Lipinski definition) is 2. The summed E-state index contributed by atoms with van der Waals surface area (Å²) in [7, 11) is 0. The molecule has 0 unspecified atom stereocenters. The van der Waals surface area contributed by atoms with E-state index in [9.17, 15) is 13.2 Å². The fourth-order valence-electron chi connectivity index (χ4n) is 1.75. The minimum Gasteiger partial charge on any atom is -0.340 e. The van der Waals surface area contributed by atoms with Crippen molar-refractivity contribution >= 4 is 0 Å². The monoisotopic (exact) mass is 269 g/mol. The third-order valence-electron chi connectivity index (χ3n) is 2.71. The molecule has 1 aromatic heterocycles. The van der Waals surface area contributed by atoms with Gasteiger partial charge >= 0.3 is 6.18 Å². The van der Waals surface area contributed by atoms with Gasteiger partial charge in [0.05, 0.1) is 23.0 Å². The summed E-state index contributed by atoms with van der Waals surface area (Å²) in [4.78, 5) is 6.88. The summed E-state index contributed by atoms with van der Waals surface area (Å²) >= 11 is 0. The highest BCUT2D eigenvalue weighted by atomic mass is 19.4. The molecule has 0 fully saturated rings. The summed E-state index contributed by atoms with van der Waals surface area (Å²) in [6, 6.07) is 5.36. The van der Waals surface area contributed by atoms with Crippen molar-refractivity contribution in [2.75, 3.05) is 0 Å². The first kappa shape index (κ1) is 13.6. The third kappa shape index (κ3) is 2.78. The molecule has 0 spiro atoms. The molecule has 0 bridgehead atoms. The molecule has 0 saturated heterocycles. The number of H-pyrrole nitrogens is 1. The number of alkyl halides is 3. The Morgan fingerprint density at radius 3 is 2.32 bits per heavy atom. The highest BCUT2D eigenvalue weighted by molar-refractivity contribution is 5.64. The number of aromatic nitrogens is 2. The van der Waals surface area contributed by atoms with Crippen molar-refractivity contribution in [3.8, 4) is 11.3 Å². The fourth-order valence-corrected chi connectivity index (χ4v) is 1.75. The van der Waals surface area contributed by atoms with E-state index in [0.29, 0.717) is 11.5 Å². The quantitative estimate of drug-likeness (QED) is 0.879. The Hall–Kier alpha value is -1.82. The van der Waals surface area contributed by atoms with E-state index < -0.39 is 17.3 Å². The van der Waals surface area contributed by atoms with E-state index in [1.54, 1.807) is 19.9 Å². The Bertz CT molecular complexity index is 579. The smallest absolute Gasteiger partial charge is 0.340 e. The maximum atomic E-state index is 12.9. The van der Waals surface area contributed by atoms with Gasteiger partial charge in [-0.25, -0.2) is 4.98 Å². The van der Waals surface area contributed by atoms with Gasteiger partial charge in [0.2, 0.25) is 0 Å². The molecule has 0 atom stereocenters. The predicted octanol–water partition coefficient (Wildman–Crippen LogP) is 3.29. The first-order chi connectivity index (χ1) is 8.69. The molecule has 3 nitrogen and oxygen atoms in total. The van der Waals surface area contributed by atoms with Crippen LogP contribution in [0, 0.1) is 0 Å². The molecule has 102 valence electrons. The van der Waals surface area contributed by atoms with E-state index in [1.165, 1.54) is 18.3 Å². The topological polar surface area (TPSA) is 54.7 Å². The number of rotatable bonds is 2. The summed E-state index contributed by atoms with van der Waals surface area (Å²) in [5, 5.41) is 0. The third-order valence-corrected chi connectivity index (χ3v) is 2.71. The molecule has 0 radical (unpaired) electrons. The maximum absolute atomic E-state index is 12.9. The minimum absolute atomic E-state index is 0.0676. The van der Waals surface area contributed by atoms with Gasteiger partial charge in [0.15, 0.2) is 0 Å². The van der Waals surface area contributed by atoms with Crippen molar-refractivity contribution in [2.45, 2.75) is 25.6 Å². The highest BCUT2D eigenvalue weighted by Crippen LogP contribution is 2.36. The van der Waals surface area contributed by atoms with Gasteiger partial charge in [0, 0.05) is 5.56 Å². The molecule has 0 aliphatic rings. The molecule has 19 heavy (non-hydrogen) atoms. The average Bonchev–Trinajstić information content (AvgIpc) is 2.76. The Kier molecular flexibility index (Phi) is 3.14. The second kappa shape index (κ2) is 4.38. The largest absolute Gasteiger partial charge is 0.417 e. The number of nitrogens with two attached hydrogens (primary N) is 1. The zero-order valence-electron chi connectivity index (χ0n) is 10.5. The Morgan fingerprint density at radius 1 is 1.16 bits per heavy atom. The maximum Gasteiger partial charge on any atom is 0.417 e. The van der Waals surface area contributed by atoms with E-state index in [2.05, 4.69) is 9.97 Å². The summed E-state index contributed by atoms with van der Waals surface area (Å²) in [6.07, 6.45) is -3.03. The van der Waals surface area contributed by atoms with Gasteiger partial charge in [-0.1, -0.05) is 18.2 Å². The number of aromatic amines is 1. The van der Waals surface area contributed by atoms with Crippen molar-refractivity contribution in [1.29, 1.82) is 0 Å². The molecule has 2 aromatic rings. The second-order valence-corrected chi connectivity index (χ2v) is 4.91. The van der Waals surface area contributed by atoms with E-state index in [4.69, 9.17) is 5.73 Å². The predicted molar refractivity (Wildman–Crippen MR) is 66.2 cm³/mol. The lowest BCUT2D eigenvalue weighted by molar-refractivity contribution is -0.137. The number of halogens is 3. The number of benzene rings is 1. The molecule has 0 saturated carbocycles. The lowest BCUT2D eigenvalue weighted by atomic mass is 10.0. The van der Waals surface area contributed by atoms with Gasteiger partial charge in [0.1, 0.15) is 5.82 Å². The van der Waals surface area contributed by atoms with Crippen LogP contribution in [-0.4, -0.2) is 9.97 Å². The zero-order valence-corrected chi connectivity index (χ0v) is 10.5. The normalized spacial score (nSPS) is 12.7. The summed E-state index contributed by atoms with van der Waals surface area (Å²) < 4.78 is 38.7. The Labute approximate surface area is 108 Å². The van der Waals surface area contributed by atoms with Crippen LogP contribution in [0.4, 0.5) is 13.2 Å². The summed E-state index contributed by atoms with van der Waals surface area (Å²) in [5.74, 6) is 0.444. The van der Waals surface area contributed by atoms with Crippen LogP contribution in [0.15, 0.2) is 30.5 Å². The van der Waals surface area contributed by atoms with Crippen LogP contribution in [0.2, 0.25) is 0 Å². The number of hydrogen-bond acceptors (Lipinski definition) is 2. The van der Waals surface area contributed by atoms with E-state index >= 15 is 0 Å². The van der Waals surface area contributed by atoms with Crippen LogP contribution in [0.3, 0.4) is 0 Å². The number of nitrogens with one attached hydrogen (secondary N) is 1. The zero-order chi connectivity index (χ0) is 14.3. The standard InChI is InChI=1S/C13H14F3N3/c1-12(2,17)11-18-7-10(19-11)8-5-3-4-6-9(8)13(14,15)16/h3-7H,17H2,1-2H3,(H,18,19). The number of imidazole rings is 1. The fraction of sp³-hybridized carbons (Fsp3) is 0.308. The molecule has 1 heterocycles.